The van der Waals surface area contributed by atoms with Gasteiger partial charge in [0.15, 0.2) is 0 Å². The summed E-state index contributed by atoms with van der Waals surface area (Å²) in [6.07, 6.45) is 1.49. The highest BCUT2D eigenvalue weighted by Gasteiger charge is 2.19. The standard InChI is InChI=1S/C18H21FN2OS/c19-16-6-4-15(5-7-16)14-20-8-2-9-21(11-10-20)18(22)13-17-3-1-12-23-17/h1,3-7,12H,2,8-11,13-14H2. The molecular weight excluding hydrogens is 311 g/mol. The molecule has 23 heavy (non-hydrogen) atoms. The summed E-state index contributed by atoms with van der Waals surface area (Å²) in [4.78, 5) is 17.8. The van der Waals surface area contributed by atoms with Crippen LogP contribution < -0.4 is 0 Å². The van der Waals surface area contributed by atoms with E-state index in [0.29, 0.717) is 6.42 Å². The monoisotopic (exact) mass is 332 g/mol. The summed E-state index contributed by atoms with van der Waals surface area (Å²) in [6.45, 7) is 4.25. The normalized spacial score (nSPS) is 16.3. The van der Waals surface area contributed by atoms with Crippen LogP contribution in [0.3, 0.4) is 0 Å². The Morgan fingerprint density at radius 1 is 1.09 bits per heavy atom. The number of amides is 1. The molecule has 0 saturated carbocycles. The number of carbonyl (C=O) groups is 1. The van der Waals surface area contributed by atoms with Crippen LogP contribution in [0, 0.1) is 5.82 Å². The van der Waals surface area contributed by atoms with Crippen molar-refractivity contribution in [3.63, 3.8) is 0 Å². The van der Waals surface area contributed by atoms with Crippen molar-refractivity contribution in [2.45, 2.75) is 19.4 Å². The lowest BCUT2D eigenvalue weighted by Crippen LogP contribution is -2.35. The highest BCUT2D eigenvalue weighted by atomic mass is 32.1. The highest BCUT2D eigenvalue weighted by Crippen LogP contribution is 2.13. The van der Waals surface area contributed by atoms with E-state index in [1.54, 1.807) is 11.3 Å². The summed E-state index contributed by atoms with van der Waals surface area (Å²) in [5.41, 5.74) is 1.12. The Bertz CT molecular complexity index is 627. The fourth-order valence-corrected chi connectivity index (χ4v) is 3.60. The first kappa shape index (κ1) is 16.1. The molecule has 1 aliphatic heterocycles. The molecule has 3 rings (SSSR count). The number of hydrogen-bond acceptors (Lipinski definition) is 3. The van der Waals surface area contributed by atoms with Crippen LogP contribution in [0.15, 0.2) is 41.8 Å². The molecule has 0 spiro atoms. The smallest absolute Gasteiger partial charge is 0.227 e. The van der Waals surface area contributed by atoms with Crippen LogP contribution in [-0.2, 0) is 17.8 Å². The van der Waals surface area contributed by atoms with Crippen molar-refractivity contribution >= 4 is 17.2 Å². The minimum absolute atomic E-state index is 0.199. The van der Waals surface area contributed by atoms with Crippen molar-refractivity contribution < 1.29 is 9.18 Å². The fraction of sp³-hybridized carbons (Fsp3) is 0.389. The van der Waals surface area contributed by atoms with E-state index in [1.165, 1.54) is 12.1 Å². The van der Waals surface area contributed by atoms with Crippen molar-refractivity contribution in [3.05, 3.63) is 58.0 Å². The third-order valence-electron chi connectivity index (χ3n) is 4.17. The summed E-state index contributed by atoms with van der Waals surface area (Å²) in [5.74, 6) is 0.0195. The Kier molecular flexibility index (Phi) is 5.41. The van der Waals surface area contributed by atoms with Gasteiger partial charge in [0.05, 0.1) is 6.42 Å². The van der Waals surface area contributed by atoms with Gasteiger partial charge in [-0.05, 0) is 35.6 Å². The zero-order valence-electron chi connectivity index (χ0n) is 13.1. The van der Waals surface area contributed by atoms with Gasteiger partial charge in [0.25, 0.3) is 0 Å². The van der Waals surface area contributed by atoms with Gasteiger partial charge in [0.2, 0.25) is 5.91 Å². The topological polar surface area (TPSA) is 23.6 Å². The maximum atomic E-state index is 13.0. The first-order valence-electron chi connectivity index (χ1n) is 7.98. The number of benzene rings is 1. The molecule has 0 radical (unpaired) electrons. The first-order valence-corrected chi connectivity index (χ1v) is 8.85. The zero-order valence-corrected chi connectivity index (χ0v) is 13.9. The predicted molar refractivity (Wildman–Crippen MR) is 90.9 cm³/mol. The summed E-state index contributed by atoms with van der Waals surface area (Å²) >= 11 is 1.64. The van der Waals surface area contributed by atoms with Gasteiger partial charge in [-0.3, -0.25) is 9.69 Å². The molecule has 0 atom stereocenters. The number of hydrogen-bond donors (Lipinski definition) is 0. The minimum Gasteiger partial charge on any atom is -0.341 e. The Morgan fingerprint density at radius 2 is 1.91 bits per heavy atom. The van der Waals surface area contributed by atoms with Gasteiger partial charge in [-0.2, -0.15) is 0 Å². The van der Waals surface area contributed by atoms with E-state index in [2.05, 4.69) is 4.90 Å². The lowest BCUT2D eigenvalue weighted by molar-refractivity contribution is -0.130. The van der Waals surface area contributed by atoms with E-state index < -0.39 is 0 Å². The van der Waals surface area contributed by atoms with Crippen molar-refractivity contribution in [2.75, 3.05) is 26.2 Å². The molecule has 2 heterocycles. The largest absolute Gasteiger partial charge is 0.341 e. The summed E-state index contributed by atoms with van der Waals surface area (Å²) in [5, 5.41) is 2.01. The SMILES string of the molecule is O=C(Cc1cccs1)N1CCCN(Cc2ccc(F)cc2)CC1. The van der Waals surface area contributed by atoms with Crippen LogP contribution in [0.5, 0.6) is 0 Å². The predicted octanol–water partition coefficient (Wildman–Crippen LogP) is 3.16. The number of thiophene rings is 1. The molecule has 0 N–H and O–H groups in total. The Morgan fingerprint density at radius 3 is 2.65 bits per heavy atom. The maximum absolute atomic E-state index is 13.0. The molecule has 1 saturated heterocycles. The third kappa shape index (κ3) is 4.62. The number of carbonyl (C=O) groups excluding carboxylic acids is 1. The van der Waals surface area contributed by atoms with Crippen molar-refractivity contribution in [1.82, 2.24) is 9.80 Å². The average Bonchev–Trinajstić information content (AvgIpc) is 2.94. The second kappa shape index (κ2) is 7.70. The second-order valence-corrected chi connectivity index (χ2v) is 6.93. The van der Waals surface area contributed by atoms with Crippen LogP contribution in [0.2, 0.25) is 0 Å². The first-order chi connectivity index (χ1) is 11.2. The van der Waals surface area contributed by atoms with Gasteiger partial charge < -0.3 is 4.90 Å². The van der Waals surface area contributed by atoms with Gasteiger partial charge in [0.1, 0.15) is 5.82 Å². The van der Waals surface area contributed by atoms with Crippen molar-refractivity contribution in [1.29, 1.82) is 0 Å². The Balaban J connectivity index is 1.52. The minimum atomic E-state index is -0.199. The van der Waals surface area contributed by atoms with E-state index in [0.717, 1.165) is 49.6 Å². The summed E-state index contributed by atoms with van der Waals surface area (Å²) < 4.78 is 13.0. The highest BCUT2D eigenvalue weighted by molar-refractivity contribution is 7.10. The lowest BCUT2D eigenvalue weighted by Gasteiger charge is -2.22. The molecule has 0 aliphatic carbocycles. The molecular formula is C18H21FN2OS. The van der Waals surface area contributed by atoms with E-state index in [4.69, 9.17) is 0 Å². The van der Waals surface area contributed by atoms with Gasteiger partial charge in [-0.25, -0.2) is 4.39 Å². The van der Waals surface area contributed by atoms with E-state index in [-0.39, 0.29) is 11.7 Å². The van der Waals surface area contributed by atoms with Crippen LogP contribution in [0.25, 0.3) is 0 Å². The van der Waals surface area contributed by atoms with Gasteiger partial charge in [-0.15, -0.1) is 11.3 Å². The number of nitrogens with zero attached hydrogens (tertiary/aromatic N) is 2. The fourth-order valence-electron chi connectivity index (χ4n) is 2.90. The van der Waals surface area contributed by atoms with Crippen LogP contribution in [-0.4, -0.2) is 41.9 Å². The van der Waals surface area contributed by atoms with E-state index in [9.17, 15) is 9.18 Å². The van der Waals surface area contributed by atoms with Crippen molar-refractivity contribution in [2.24, 2.45) is 0 Å². The summed E-state index contributed by atoms with van der Waals surface area (Å²) in [7, 11) is 0. The molecule has 1 aromatic carbocycles. The maximum Gasteiger partial charge on any atom is 0.227 e. The molecule has 3 nitrogen and oxygen atoms in total. The molecule has 5 heteroatoms. The van der Waals surface area contributed by atoms with Gasteiger partial charge in [0, 0.05) is 37.6 Å². The second-order valence-electron chi connectivity index (χ2n) is 5.89. The lowest BCUT2D eigenvalue weighted by atomic mass is 10.2. The van der Waals surface area contributed by atoms with E-state index in [1.807, 2.05) is 34.5 Å². The van der Waals surface area contributed by atoms with Crippen LogP contribution in [0.4, 0.5) is 4.39 Å². The molecule has 1 amide bonds. The molecule has 2 aromatic rings. The average molecular weight is 332 g/mol. The summed E-state index contributed by atoms with van der Waals surface area (Å²) in [6, 6.07) is 10.7. The Labute approximate surface area is 140 Å². The van der Waals surface area contributed by atoms with E-state index >= 15 is 0 Å². The van der Waals surface area contributed by atoms with Crippen molar-refractivity contribution in [3.8, 4) is 0 Å². The molecule has 0 bridgehead atoms. The Hall–Kier alpha value is -1.72. The quantitative estimate of drug-likeness (QED) is 0.859. The van der Waals surface area contributed by atoms with Gasteiger partial charge in [-0.1, -0.05) is 18.2 Å². The zero-order chi connectivity index (χ0) is 16.1. The number of halogens is 1. The molecule has 122 valence electrons. The van der Waals surface area contributed by atoms with Gasteiger partial charge >= 0.3 is 0 Å². The van der Waals surface area contributed by atoms with Crippen LogP contribution >= 0.6 is 11.3 Å². The van der Waals surface area contributed by atoms with Crippen LogP contribution in [0.1, 0.15) is 16.9 Å². The molecule has 1 aliphatic rings. The molecule has 1 aromatic heterocycles. The molecule has 0 unspecified atom stereocenters. The molecule has 1 fully saturated rings. The number of rotatable bonds is 4. The third-order valence-corrected chi connectivity index (χ3v) is 5.04.